The lowest BCUT2D eigenvalue weighted by atomic mass is 10.1. The average molecular weight is 262 g/mol. The highest BCUT2D eigenvalue weighted by atomic mass is 32.1. The van der Waals surface area contributed by atoms with Gasteiger partial charge in [-0.25, -0.2) is 4.79 Å². The van der Waals surface area contributed by atoms with Gasteiger partial charge < -0.3 is 9.84 Å². The minimum Gasteiger partial charge on any atom is -0.487 e. The van der Waals surface area contributed by atoms with Crippen LogP contribution in [0.15, 0.2) is 29.6 Å². The molecular formula is C14H14O3S. The van der Waals surface area contributed by atoms with E-state index < -0.39 is 5.97 Å². The maximum Gasteiger partial charge on any atom is 0.349 e. The van der Waals surface area contributed by atoms with Crippen molar-refractivity contribution < 1.29 is 14.6 Å². The summed E-state index contributed by atoms with van der Waals surface area (Å²) in [6.07, 6.45) is 0. The molecule has 2 aromatic rings. The molecule has 0 spiro atoms. The number of ether oxygens (including phenoxy) is 1. The summed E-state index contributed by atoms with van der Waals surface area (Å²) in [6, 6.07) is 7.78. The number of aryl methyl sites for hydroxylation is 2. The molecule has 1 N–H and O–H groups in total. The zero-order valence-electron chi connectivity index (χ0n) is 10.3. The first-order valence-electron chi connectivity index (χ1n) is 5.57. The van der Waals surface area contributed by atoms with Crippen LogP contribution in [0.1, 0.15) is 26.4 Å². The number of carboxylic acid groups (broad SMARTS) is 1. The van der Waals surface area contributed by atoms with Gasteiger partial charge in [0.05, 0.1) is 0 Å². The van der Waals surface area contributed by atoms with Crippen molar-refractivity contribution in [2.45, 2.75) is 20.5 Å². The molecule has 0 unspecified atom stereocenters. The minimum atomic E-state index is -0.944. The molecule has 0 atom stereocenters. The van der Waals surface area contributed by atoms with Crippen molar-refractivity contribution >= 4 is 17.3 Å². The van der Waals surface area contributed by atoms with Gasteiger partial charge in [0.2, 0.25) is 0 Å². The van der Waals surface area contributed by atoms with E-state index in [2.05, 4.69) is 13.0 Å². The minimum absolute atomic E-state index is 0.249. The summed E-state index contributed by atoms with van der Waals surface area (Å²) in [5, 5.41) is 10.7. The molecule has 0 aliphatic heterocycles. The topological polar surface area (TPSA) is 46.5 Å². The van der Waals surface area contributed by atoms with Gasteiger partial charge in [-0.15, -0.1) is 11.3 Å². The van der Waals surface area contributed by atoms with E-state index in [0.29, 0.717) is 12.4 Å². The van der Waals surface area contributed by atoms with Crippen LogP contribution in [0.25, 0.3) is 0 Å². The smallest absolute Gasteiger partial charge is 0.349 e. The summed E-state index contributed by atoms with van der Waals surface area (Å²) in [4.78, 5) is 11.2. The van der Waals surface area contributed by atoms with Gasteiger partial charge in [-0.2, -0.15) is 0 Å². The predicted octanol–water partition coefficient (Wildman–Crippen LogP) is 3.64. The van der Waals surface area contributed by atoms with Crippen LogP contribution < -0.4 is 4.74 Å². The third kappa shape index (κ3) is 2.71. The molecule has 4 heteroatoms. The number of aromatic carboxylic acids is 1. The average Bonchev–Trinajstić information content (AvgIpc) is 2.79. The number of hydrogen-bond donors (Lipinski definition) is 1. The van der Waals surface area contributed by atoms with Crippen molar-refractivity contribution in [1.29, 1.82) is 0 Å². The lowest BCUT2D eigenvalue weighted by Crippen LogP contribution is -2.00. The van der Waals surface area contributed by atoms with Crippen molar-refractivity contribution in [3.63, 3.8) is 0 Å². The van der Waals surface area contributed by atoms with Gasteiger partial charge in [-0.05, 0) is 42.0 Å². The van der Waals surface area contributed by atoms with Gasteiger partial charge in [0.1, 0.15) is 12.4 Å². The van der Waals surface area contributed by atoms with Crippen LogP contribution in [-0.4, -0.2) is 11.1 Å². The Morgan fingerprint density at radius 2 is 2.06 bits per heavy atom. The lowest BCUT2D eigenvalue weighted by molar-refractivity contribution is 0.0697. The molecule has 18 heavy (non-hydrogen) atoms. The second kappa shape index (κ2) is 5.23. The summed E-state index contributed by atoms with van der Waals surface area (Å²) < 4.78 is 5.55. The fraction of sp³-hybridized carbons (Fsp3) is 0.214. The highest BCUT2D eigenvalue weighted by molar-refractivity contribution is 7.12. The van der Waals surface area contributed by atoms with Gasteiger partial charge in [0.25, 0.3) is 0 Å². The van der Waals surface area contributed by atoms with Crippen molar-refractivity contribution in [2.24, 2.45) is 0 Å². The van der Waals surface area contributed by atoms with E-state index in [9.17, 15) is 4.79 Å². The van der Waals surface area contributed by atoms with Crippen LogP contribution in [0.2, 0.25) is 0 Å². The first-order chi connectivity index (χ1) is 8.58. The Hall–Kier alpha value is -1.81. The molecule has 3 nitrogen and oxygen atoms in total. The van der Waals surface area contributed by atoms with Gasteiger partial charge >= 0.3 is 5.97 Å². The van der Waals surface area contributed by atoms with Crippen LogP contribution in [0.4, 0.5) is 0 Å². The molecule has 94 valence electrons. The van der Waals surface area contributed by atoms with E-state index in [-0.39, 0.29) is 4.88 Å². The molecule has 0 bridgehead atoms. The molecule has 2 rings (SSSR count). The van der Waals surface area contributed by atoms with Gasteiger partial charge in [0, 0.05) is 0 Å². The molecular weight excluding hydrogens is 248 g/mol. The number of hydrogen-bond acceptors (Lipinski definition) is 3. The molecule has 1 aromatic carbocycles. The fourth-order valence-corrected chi connectivity index (χ4v) is 2.29. The van der Waals surface area contributed by atoms with Crippen LogP contribution in [-0.2, 0) is 6.61 Å². The highest BCUT2D eigenvalue weighted by Gasteiger charge is 2.12. The molecule has 0 saturated carbocycles. The Morgan fingerprint density at radius 1 is 1.28 bits per heavy atom. The fourth-order valence-electron chi connectivity index (χ4n) is 1.62. The monoisotopic (exact) mass is 262 g/mol. The van der Waals surface area contributed by atoms with Gasteiger partial charge in [-0.3, -0.25) is 0 Å². The van der Waals surface area contributed by atoms with Crippen LogP contribution >= 0.6 is 11.3 Å². The Balaban J connectivity index is 2.09. The summed E-state index contributed by atoms with van der Waals surface area (Å²) >= 11 is 1.17. The number of rotatable bonds is 4. The van der Waals surface area contributed by atoms with Gasteiger partial charge in [-0.1, -0.05) is 18.2 Å². The van der Waals surface area contributed by atoms with Gasteiger partial charge in [0.15, 0.2) is 4.88 Å². The zero-order chi connectivity index (χ0) is 13.1. The van der Waals surface area contributed by atoms with E-state index in [1.54, 1.807) is 11.4 Å². The first kappa shape index (κ1) is 12.6. The molecule has 0 fully saturated rings. The SMILES string of the molecule is Cc1ccc(COc2ccsc2C(=O)O)cc1C. The Kier molecular flexibility index (Phi) is 3.67. The molecule has 0 radical (unpaired) electrons. The number of thiophene rings is 1. The number of carbonyl (C=O) groups is 1. The maximum atomic E-state index is 10.9. The Morgan fingerprint density at radius 3 is 2.72 bits per heavy atom. The van der Waals surface area contributed by atoms with Crippen molar-refractivity contribution in [3.8, 4) is 5.75 Å². The Labute approximate surface area is 110 Å². The van der Waals surface area contributed by atoms with Crippen LogP contribution in [0.5, 0.6) is 5.75 Å². The first-order valence-corrected chi connectivity index (χ1v) is 6.45. The molecule has 0 amide bonds. The largest absolute Gasteiger partial charge is 0.487 e. The zero-order valence-corrected chi connectivity index (χ0v) is 11.1. The summed E-state index contributed by atoms with van der Waals surface area (Å²) in [5.74, 6) is -0.509. The highest BCUT2D eigenvalue weighted by Crippen LogP contribution is 2.25. The molecule has 0 saturated heterocycles. The van der Waals surface area contributed by atoms with Crippen LogP contribution in [0, 0.1) is 13.8 Å². The summed E-state index contributed by atoms with van der Waals surface area (Å²) in [5.41, 5.74) is 3.49. The van der Waals surface area contributed by atoms with E-state index in [0.717, 1.165) is 5.56 Å². The van der Waals surface area contributed by atoms with E-state index in [4.69, 9.17) is 9.84 Å². The lowest BCUT2D eigenvalue weighted by Gasteiger charge is -2.07. The standard InChI is InChI=1S/C14H14O3S/c1-9-3-4-11(7-10(9)2)8-17-12-5-6-18-13(12)14(15)16/h3-7H,8H2,1-2H3,(H,15,16). The van der Waals surface area contributed by atoms with Crippen LogP contribution in [0.3, 0.4) is 0 Å². The third-order valence-corrected chi connectivity index (χ3v) is 3.67. The molecule has 1 aromatic heterocycles. The summed E-state index contributed by atoms with van der Waals surface area (Å²) in [6.45, 7) is 4.49. The molecule has 0 aliphatic rings. The normalized spacial score (nSPS) is 10.3. The number of carboxylic acids is 1. The number of benzene rings is 1. The third-order valence-electron chi connectivity index (χ3n) is 2.79. The quantitative estimate of drug-likeness (QED) is 0.915. The summed E-state index contributed by atoms with van der Waals surface area (Å²) in [7, 11) is 0. The van der Waals surface area contributed by atoms with E-state index in [1.807, 2.05) is 19.1 Å². The van der Waals surface area contributed by atoms with Crippen molar-refractivity contribution in [3.05, 3.63) is 51.2 Å². The van der Waals surface area contributed by atoms with E-state index in [1.165, 1.54) is 22.5 Å². The second-order valence-electron chi connectivity index (χ2n) is 4.13. The van der Waals surface area contributed by atoms with Crippen molar-refractivity contribution in [1.82, 2.24) is 0 Å². The van der Waals surface area contributed by atoms with Crippen molar-refractivity contribution in [2.75, 3.05) is 0 Å². The predicted molar refractivity (Wildman–Crippen MR) is 71.5 cm³/mol. The molecule has 0 aliphatic carbocycles. The maximum absolute atomic E-state index is 10.9. The Bertz CT molecular complexity index is 572. The molecule has 1 heterocycles. The van der Waals surface area contributed by atoms with E-state index >= 15 is 0 Å². The second-order valence-corrected chi connectivity index (χ2v) is 5.04.